The summed E-state index contributed by atoms with van der Waals surface area (Å²) in [4.78, 5) is 56.0. The molecule has 3 aromatic rings. The van der Waals surface area contributed by atoms with Gasteiger partial charge in [0.05, 0.1) is 30.3 Å². The first-order valence-corrected chi connectivity index (χ1v) is 13.5. The van der Waals surface area contributed by atoms with Crippen molar-refractivity contribution in [1.82, 2.24) is 34.2 Å². The number of rotatable bonds is 5. The third kappa shape index (κ3) is 4.70. The predicted molar refractivity (Wildman–Crippen MR) is 145 cm³/mol. The molecule has 2 N–H and O–H groups in total. The third-order valence-electron chi connectivity index (χ3n) is 7.94. The summed E-state index contributed by atoms with van der Waals surface area (Å²) >= 11 is 0. The summed E-state index contributed by atoms with van der Waals surface area (Å²) in [6.07, 6.45) is 5.60. The number of anilines is 2. The van der Waals surface area contributed by atoms with Crippen LogP contribution in [-0.4, -0.2) is 110 Å². The van der Waals surface area contributed by atoms with E-state index >= 15 is 0 Å². The number of piperazine rings is 1. The number of nitrogens with one attached hydrogen (secondary N) is 1. The van der Waals surface area contributed by atoms with Crippen molar-refractivity contribution in [2.75, 3.05) is 45.7 Å². The number of nitrogens with zero attached hydrogens (tertiary/aromatic N) is 7. The Morgan fingerprint density at radius 2 is 1.82 bits per heavy atom. The van der Waals surface area contributed by atoms with E-state index in [2.05, 4.69) is 15.3 Å². The number of ether oxygens (including phenoxy) is 1. The second-order valence-electron chi connectivity index (χ2n) is 10.8. The summed E-state index contributed by atoms with van der Waals surface area (Å²) in [5.41, 5.74) is 1.61. The normalized spacial score (nSPS) is 22.4. The number of aromatic nitrogens is 4. The number of fused-ring (bicyclic) bond motifs is 3. The Balaban J connectivity index is 1.21. The Hall–Kier alpha value is -4.26. The van der Waals surface area contributed by atoms with Crippen LogP contribution in [0.5, 0.6) is 0 Å². The number of carboxylic acid groups (broad SMARTS) is 1. The van der Waals surface area contributed by atoms with Gasteiger partial charge in [0, 0.05) is 51.6 Å². The average molecular weight is 549 g/mol. The molecule has 6 heterocycles. The Kier molecular flexibility index (Phi) is 6.74. The van der Waals surface area contributed by atoms with E-state index in [9.17, 15) is 19.5 Å². The molecular formula is C27H32N8O5. The average Bonchev–Trinajstić information content (AvgIpc) is 3.47. The van der Waals surface area contributed by atoms with Gasteiger partial charge in [-0.3, -0.25) is 14.5 Å². The highest BCUT2D eigenvalue weighted by molar-refractivity contribution is 5.98. The first kappa shape index (κ1) is 26.0. The van der Waals surface area contributed by atoms with Crippen molar-refractivity contribution in [3.8, 4) is 0 Å². The molecule has 40 heavy (non-hydrogen) atoms. The Labute approximate surface area is 230 Å². The van der Waals surface area contributed by atoms with E-state index in [1.54, 1.807) is 42.2 Å². The molecule has 210 valence electrons. The number of amides is 3. The SMILES string of the molecule is CN(C)C(=O)c1cc2cnc(Nc3ccc(C(=O)N4CC5CCC(C4)N5C(=O)O)cn3)nc2n1C1CCCOC1. The van der Waals surface area contributed by atoms with Crippen LogP contribution in [0.15, 0.2) is 30.6 Å². The first-order chi connectivity index (χ1) is 19.3. The highest BCUT2D eigenvalue weighted by Crippen LogP contribution is 2.31. The molecular weight excluding hydrogens is 516 g/mol. The van der Waals surface area contributed by atoms with E-state index in [1.165, 1.54) is 11.1 Å². The molecule has 6 rings (SSSR count). The van der Waals surface area contributed by atoms with Gasteiger partial charge in [-0.2, -0.15) is 4.98 Å². The minimum Gasteiger partial charge on any atom is -0.465 e. The summed E-state index contributed by atoms with van der Waals surface area (Å²) in [5, 5.41) is 13.3. The lowest BCUT2D eigenvalue weighted by Gasteiger charge is -2.39. The molecule has 3 saturated heterocycles. The van der Waals surface area contributed by atoms with Crippen LogP contribution in [0, 0.1) is 0 Å². The number of hydrogen-bond donors (Lipinski definition) is 2. The van der Waals surface area contributed by atoms with Gasteiger partial charge in [-0.15, -0.1) is 0 Å². The zero-order valence-electron chi connectivity index (χ0n) is 22.5. The molecule has 3 atom stereocenters. The van der Waals surface area contributed by atoms with Crippen LogP contribution in [0.3, 0.4) is 0 Å². The maximum Gasteiger partial charge on any atom is 0.407 e. The molecule has 0 aliphatic carbocycles. The molecule has 3 unspecified atom stereocenters. The second-order valence-corrected chi connectivity index (χ2v) is 10.8. The van der Waals surface area contributed by atoms with Crippen LogP contribution in [0.25, 0.3) is 11.0 Å². The standard InChI is InChI=1S/C27H32N8O5/c1-32(2)25(37)21-10-17-12-29-26(31-23(17)35(21)20-4-3-9-40-15-20)30-22-8-5-16(11-28-22)24(36)33-13-18-6-7-19(14-33)34(18)27(38)39/h5,8,10-12,18-20H,3-4,6-7,9,13-15H2,1-2H3,(H,38,39)(H,28,29,30,31). The van der Waals surface area contributed by atoms with Gasteiger partial charge in [0.25, 0.3) is 11.8 Å². The second kappa shape index (κ2) is 10.4. The first-order valence-electron chi connectivity index (χ1n) is 13.5. The van der Waals surface area contributed by atoms with Crippen molar-refractivity contribution >= 4 is 40.7 Å². The number of carbonyl (C=O) groups is 3. The van der Waals surface area contributed by atoms with E-state index in [0.717, 1.165) is 31.1 Å². The number of hydrogen-bond acceptors (Lipinski definition) is 8. The van der Waals surface area contributed by atoms with Crippen LogP contribution in [0.4, 0.5) is 16.6 Å². The maximum atomic E-state index is 13.1. The highest BCUT2D eigenvalue weighted by Gasteiger charge is 2.44. The number of pyridine rings is 1. The fourth-order valence-electron chi connectivity index (χ4n) is 6.03. The monoisotopic (exact) mass is 548 g/mol. The van der Waals surface area contributed by atoms with Gasteiger partial charge in [0.2, 0.25) is 5.95 Å². The topological polar surface area (TPSA) is 146 Å². The highest BCUT2D eigenvalue weighted by atomic mass is 16.5. The van der Waals surface area contributed by atoms with Gasteiger partial charge >= 0.3 is 6.09 Å². The molecule has 3 aromatic heterocycles. The molecule has 3 aliphatic heterocycles. The molecule has 3 aliphatic rings. The number of carbonyl (C=O) groups excluding carboxylic acids is 2. The predicted octanol–water partition coefficient (Wildman–Crippen LogP) is 2.59. The van der Waals surface area contributed by atoms with E-state index in [-0.39, 0.29) is 29.9 Å². The smallest absolute Gasteiger partial charge is 0.407 e. The van der Waals surface area contributed by atoms with Crippen LogP contribution < -0.4 is 5.32 Å². The zero-order chi connectivity index (χ0) is 28.0. The van der Waals surface area contributed by atoms with Crippen LogP contribution in [-0.2, 0) is 4.74 Å². The van der Waals surface area contributed by atoms with Crippen molar-refractivity contribution in [3.63, 3.8) is 0 Å². The minimum atomic E-state index is -0.919. The number of likely N-dealkylation sites (tertiary alicyclic amines) is 1. The molecule has 0 aromatic carbocycles. The molecule has 13 heteroatoms. The summed E-state index contributed by atoms with van der Waals surface area (Å²) in [6, 6.07) is 4.87. The van der Waals surface area contributed by atoms with Crippen molar-refractivity contribution in [3.05, 3.63) is 41.9 Å². The Bertz CT molecular complexity index is 1440. The summed E-state index contributed by atoms with van der Waals surface area (Å²) in [7, 11) is 3.45. The van der Waals surface area contributed by atoms with Crippen molar-refractivity contribution in [2.24, 2.45) is 0 Å². The molecule has 0 radical (unpaired) electrons. The molecule has 13 nitrogen and oxygen atoms in total. The summed E-state index contributed by atoms with van der Waals surface area (Å²) in [6.45, 7) is 1.99. The van der Waals surface area contributed by atoms with Gasteiger partial charge in [0.1, 0.15) is 17.2 Å². The summed E-state index contributed by atoms with van der Waals surface area (Å²) < 4.78 is 7.66. The largest absolute Gasteiger partial charge is 0.465 e. The fraction of sp³-hybridized carbons (Fsp3) is 0.481. The van der Waals surface area contributed by atoms with E-state index < -0.39 is 6.09 Å². The zero-order valence-corrected chi connectivity index (χ0v) is 22.5. The maximum absolute atomic E-state index is 13.1. The molecule has 0 saturated carbocycles. The van der Waals surface area contributed by atoms with Gasteiger partial charge in [-0.25, -0.2) is 14.8 Å². The molecule has 3 fully saturated rings. The van der Waals surface area contributed by atoms with E-state index in [4.69, 9.17) is 9.72 Å². The lowest BCUT2D eigenvalue weighted by Crippen LogP contribution is -2.56. The van der Waals surface area contributed by atoms with E-state index in [1.807, 2.05) is 10.6 Å². The van der Waals surface area contributed by atoms with Gasteiger partial charge in [-0.05, 0) is 43.9 Å². The van der Waals surface area contributed by atoms with Gasteiger partial charge in [0.15, 0.2) is 0 Å². The van der Waals surface area contributed by atoms with Crippen molar-refractivity contribution < 1.29 is 24.2 Å². The van der Waals surface area contributed by atoms with Crippen molar-refractivity contribution in [2.45, 2.75) is 43.8 Å². The van der Waals surface area contributed by atoms with E-state index in [0.29, 0.717) is 55.0 Å². The summed E-state index contributed by atoms with van der Waals surface area (Å²) in [5.74, 6) is 0.511. The van der Waals surface area contributed by atoms with Crippen LogP contribution in [0.1, 0.15) is 52.6 Å². The quantitative estimate of drug-likeness (QED) is 0.491. The third-order valence-corrected chi connectivity index (χ3v) is 7.94. The molecule has 2 bridgehead atoms. The molecule has 3 amide bonds. The molecule has 0 spiro atoms. The van der Waals surface area contributed by atoms with Gasteiger partial charge in [-0.1, -0.05) is 0 Å². The minimum absolute atomic E-state index is 0.0103. The van der Waals surface area contributed by atoms with Crippen LogP contribution in [0.2, 0.25) is 0 Å². The Morgan fingerprint density at radius 3 is 2.45 bits per heavy atom. The fourth-order valence-corrected chi connectivity index (χ4v) is 6.03. The Morgan fingerprint density at radius 1 is 1.05 bits per heavy atom. The lowest BCUT2D eigenvalue weighted by molar-refractivity contribution is 0.0448. The lowest BCUT2D eigenvalue weighted by atomic mass is 10.1. The van der Waals surface area contributed by atoms with Crippen molar-refractivity contribution in [1.29, 1.82) is 0 Å². The van der Waals surface area contributed by atoms with Gasteiger partial charge < -0.3 is 29.5 Å². The van der Waals surface area contributed by atoms with Crippen LogP contribution >= 0.6 is 0 Å².